The first-order valence-electron chi connectivity index (χ1n) is 11.5. The Morgan fingerprint density at radius 3 is 2.52 bits per heavy atom. The first kappa shape index (κ1) is 19.0. The average Bonchev–Trinajstić information content (AvgIpc) is 2.90. The summed E-state index contributed by atoms with van der Waals surface area (Å²) >= 11 is 0. The van der Waals surface area contributed by atoms with E-state index in [1.807, 2.05) is 36.1 Å². The van der Waals surface area contributed by atoms with Crippen LogP contribution in [-0.4, -0.2) is 47.4 Å². The summed E-state index contributed by atoms with van der Waals surface area (Å²) in [6, 6.07) is 8.24. The summed E-state index contributed by atoms with van der Waals surface area (Å²) < 4.78 is 0. The first-order chi connectivity index (χ1) is 14.0. The van der Waals surface area contributed by atoms with E-state index in [-0.39, 0.29) is 11.9 Å². The molecule has 5 heteroatoms. The van der Waals surface area contributed by atoms with Gasteiger partial charge in [-0.15, -0.1) is 0 Å². The number of carbonyl (C=O) groups is 2. The molecule has 3 atom stereocenters. The summed E-state index contributed by atoms with van der Waals surface area (Å²) in [5.74, 6) is 2.68. The highest BCUT2D eigenvalue weighted by molar-refractivity contribution is 5.90. The van der Waals surface area contributed by atoms with Gasteiger partial charge in [0.15, 0.2) is 0 Å². The van der Waals surface area contributed by atoms with Crippen LogP contribution in [0, 0.1) is 30.6 Å². The smallest absolute Gasteiger partial charge is 0.321 e. The van der Waals surface area contributed by atoms with Crippen LogP contribution < -0.4 is 5.32 Å². The first-order valence-corrected chi connectivity index (χ1v) is 11.5. The molecule has 1 aromatic carbocycles. The minimum atomic E-state index is -0.0797. The van der Waals surface area contributed by atoms with Gasteiger partial charge in [-0.1, -0.05) is 12.1 Å². The molecule has 0 radical (unpaired) electrons. The zero-order valence-electron chi connectivity index (χ0n) is 17.5. The number of piperidine rings is 1. The molecule has 3 heterocycles. The number of carbonyl (C=O) groups excluding carboxylic acids is 2. The fourth-order valence-corrected chi connectivity index (χ4v) is 6.58. The molecular weight excluding hydrogens is 362 g/mol. The van der Waals surface area contributed by atoms with Crippen LogP contribution in [0.3, 0.4) is 0 Å². The van der Waals surface area contributed by atoms with Crippen LogP contribution in [0.15, 0.2) is 24.3 Å². The number of nitrogens with one attached hydrogen (secondary N) is 1. The van der Waals surface area contributed by atoms with Gasteiger partial charge in [0, 0.05) is 31.4 Å². The summed E-state index contributed by atoms with van der Waals surface area (Å²) in [5, 5.41) is 3.01. The van der Waals surface area contributed by atoms with E-state index < -0.39 is 0 Å². The van der Waals surface area contributed by atoms with Crippen molar-refractivity contribution in [1.29, 1.82) is 0 Å². The van der Waals surface area contributed by atoms with Gasteiger partial charge in [-0.3, -0.25) is 4.79 Å². The zero-order valence-corrected chi connectivity index (χ0v) is 17.5. The lowest BCUT2D eigenvalue weighted by Crippen LogP contribution is -2.50. The van der Waals surface area contributed by atoms with Crippen LogP contribution in [0.5, 0.6) is 0 Å². The summed E-state index contributed by atoms with van der Waals surface area (Å²) in [6.07, 6.45) is 8.29. The Bertz CT molecular complexity index is 780. The molecule has 1 N–H and O–H groups in total. The Labute approximate surface area is 173 Å². The Hall–Kier alpha value is -2.04. The van der Waals surface area contributed by atoms with Gasteiger partial charge in [0.25, 0.3) is 0 Å². The number of likely N-dealkylation sites (tertiary alicyclic amines) is 1. The molecule has 2 saturated carbocycles. The number of aryl methyl sites for hydroxylation is 1. The average molecular weight is 396 g/mol. The van der Waals surface area contributed by atoms with Gasteiger partial charge in [-0.25, -0.2) is 4.79 Å². The van der Waals surface area contributed by atoms with Gasteiger partial charge in [-0.2, -0.15) is 0 Å². The van der Waals surface area contributed by atoms with Crippen molar-refractivity contribution in [2.45, 2.75) is 57.9 Å². The third-order valence-electron chi connectivity index (χ3n) is 7.72. The number of urea groups is 1. The number of nitrogens with zero attached hydrogens (tertiary/aromatic N) is 2. The summed E-state index contributed by atoms with van der Waals surface area (Å²) in [7, 11) is 0. The lowest BCUT2D eigenvalue weighted by Gasteiger charge is -2.40. The number of anilines is 1. The summed E-state index contributed by atoms with van der Waals surface area (Å²) in [5.41, 5.74) is 1.95. The normalized spacial score (nSPS) is 33.5. The maximum atomic E-state index is 13.5. The van der Waals surface area contributed by atoms with Crippen molar-refractivity contribution in [1.82, 2.24) is 9.80 Å². The Balaban J connectivity index is 1.24. The van der Waals surface area contributed by atoms with Gasteiger partial charge >= 0.3 is 6.03 Å². The Morgan fingerprint density at radius 1 is 1.00 bits per heavy atom. The van der Waals surface area contributed by atoms with E-state index >= 15 is 0 Å². The quantitative estimate of drug-likeness (QED) is 0.813. The number of rotatable bonds is 2. The fraction of sp³-hybridized carbons (Fsp3) is 0.667. The number of amides is 3. The molecule has 6 rings (SSSR count). The molecule has 3 saturated heterocycles. The van der Waals surface area contributed by atoms with Crippen molar-refractivity contribution in [3.63, 3.8) is 0 Å². The second kappa shape index (κ2) is 7.66. The van der Waals surface area contributed by atoms with E-state index in [1.54, 1.807) is 0 Å². The van der Waals surface area contributed by atoms with Crippen LogP contribution in [0.1, 0.15) is 50.5 Å². The third kappa shape index (κ3) is 3.88. The molecule has 0 spiro atoms. The van der Waals surface area contributed by atoms with Crippen molar-refractivity contribution in [2.75, 3.05) is 25.0 Å². The predicted molar refractivity (Wildman–Crippen MR) is 114 cm³/mol. The van der Waals surface area contributed by atoms with E-state index in [4.69, 9.17) is 0 Å². The molecule has 5 nitrogen and oxygen atoms in total. The number of fused-ring (bicyclic) bond motifs is 1. The van der Waals surface area contributed by atoms with Crippen molar-refractivity contribution in [3.8, 4) is 0 Å². The van der Waals surface area contributed by atoms with Crippen molar-refractivity contribution < 1.29 is 9.59 Å². The van der Waals surface area contributed by atoms with Crippen LogP contribution in [0.25, 0.3) is 0 Å². The molecule has 5 fully saturated rings. The van der Waals surface area contributed by atoms with E-state index in [2.05, 4.69) is 10.2 Å². The number of hydrogen-bond donors (Lipinski definition) is 1. The molecule has 0 aromatic heterocycles. The fourth-order valence-electron chi connectivity index (χ4n) is 6.58. The minimum absolute atomic E-state index is 0.0392. The molecule has 3 unspecified atom stereocenters. The van der Waals surface area contributed by atoms with Crippen LogP contribution in [-0.2, 0) is 4.79 Å². The lowest BCUT2D eigenvalue weighted by molar-refractivity contribution is -0.139. The summed E-state index contributed by atoms with van der Waals surface area (Å²) in [6.45, 7) is 4.27. The van der Waals surface area contributed by atoms with Gasteiger partial charge in [0.1, 0.15) is 0 Å². The molecule has 3 aliphatic heterocycles. The van der Waals surface area contributed by atoms with Crippen molar-refractivity contribution in [3.05, 3.63) is 29.8 Å². The van der Waals surface area contributed by atoms with E-state index in [0.29, 0.717) is 24.4 Å². The highest BCUT2D eigenvalue weighted by Crippen LogP contribution is 2.47. The third-order valence-corrected chi connectivity index (χ3v) is 7.72. The highest BCUT2D eigenvalue weighted by Gasteiger charge is 2.45. The maximum absolute atomic E-state index is 13.5. The monoisotopic (exact) mass is 395 g/mol. The second-order valence-electron chi connectivity index (χ2n) is 10.0. The largest absolute Gasteiger partial charge is 0.339 e. The van der Waals surface area contributed by atoms with Crippen molar-refractivity contribution in [2.24, 2.45) is 23.7 Å². The van der Waals surface area contributed by atoms with Crippen LogP contribution in [0.2, 0.25) is 0 Å². The Morgan fingerprint density at radius 2 is 1.76 bits per heavy atom. The minimum Gasteiger partial charge on any atom is -0.339 e. The molecule has 4 bridgehead atoms. The summed E-state index contributed by atoms with van der Waals surface area (Å²) in [4.78, 5) is 30.4. The molecule has 156 valence electrons. The van der Waals surface area contributed by atoms with Gasteiger partial charge in [0.2, 0.25) is 5.91 Å². The van der Waals surface area contributed by atoms with Crippen LogP contribution in [0.4, 0.5) is 10.5 Å². The molecule has 5 aliphatic rings. The maximum Gasteiger partial charge on any atom is 0.321 e. The van der Waals surface area contributed by atoms with Crippen LogP contribution >= 0.6 is 0 Å². The second-order valence-corrected chi connectivity index (χ2v) is 10.0. The SMILES string of the molecule is Cc1cccc(NC(=O)N2CCCC(C(=O)N3CC4CC5CC(C4)CC3C5)C2)c1. The predicted octanol–water partition coefficient (Wildman–Crippen LogP) is 4.28. The molecule has 1 aromatic rings. The number of benzene rings is 1. The topological polar surface area (TPSA) is 52.7 Å². The van der Waals surface area contributed by atoms with Gasteiger partial charge in [0.05, 0.1) is 5.92 Å². The van der Waals surface area contributed by atoms with E-state index in [0.717, 1.165) is 49.0 Å². The zero-order chi connectivity index (χ0) is 20.0. The van der Waals surface area contributed by atoms with Gasteiger partial charge in [-0.05, 0) is 87.3 Å². The van der Waals surface area contributed by atoms with E-state index in [9.17, 15) is 9.59 Å². The molecule has 2 aliphatic carbocycles. The lowest BCUT2D eigenvalue weighted by atomic mass is 9.68. The standard InChI is InChI=1S/C24H33N3O2/c1-16-4-2-6-21(8-16)25-24(29)26-7-3-5-20(15-26)23(28)27-14-19-10-17-9-18(11-19)13-22(27)12-17/h2,4,6,8,17-20,22H,3,5,7,9-15H2,1H3,(H,25,29). The van der Waals surface area contributed by atoms with Crippen molar-refractivity contribution >= 4 is 17.6 Å². The molecule has 29 heavy (non-hydrogen) atoms. The van der Waals surface area contributed by atoms with Gasteiger partial charge < -0.3 is 15.1 Å². The highest BCUT2D eigenvalue weighted by atomic mass is 16.2. The molecule has 3 amide bonds. The van der Waals surface area contributed by atoms with E-state index in [1.165, 1.54) is 32.1 Å². The molecular formula is C24H33N3O2. The number of hydrogen-bond acceptors (Lipinski definition) is 2. The Kier molecular flexibility index (Phi) is 5.00.